The number of unbranched alkanes of at least 4 members (excludes halogenated alkanes) is 8. The van der Waals surface area contributed by atoms with E-state index in [0.29, 0.717) is 13.0 Å². The van der Waals surface area contributed by atoms with Crippen LogP contribution >= 0.6 is 0 Å². The van der Waals surface area contributed by atoms with Crippen molar-refractivity contribution in [3.05, 3.63) is 12.7 Å². The minimum Gasteiger partial charge on any atom is -0.463 e. The highest BCUT2D eigenvalue weighted by molar-refractivity contribution is 7.80. The molecule has 0 aliphatic rings. The molecule has 0 aliphatic carbocycles. The second-order valence-electron chi connectivity index (χ2n) is 4.80. The first-order chi connectivity index (χ1) is 9.95. The van der Waals surface area contributed by atoms with Gasteiger partial charge in [-0.05, 0) is 12.8 Å². The summed E-state index contributed by atoms with van der Waals surface area (Å²) >= 11 is 0. The first-order valence-electron chi connectivity index (χ1n) is 7.37. The fourth-order valence-electron chi connectivity index (χ4n) is 1.84. The molecule has 0 aromatic rings. The molecule has 0 aliphatic heterocycles. The molecule has 0 radical (unpaired) electrons. The topological polar surface area (TPSA) is 89.9 Å². The molecule has 0 rings (SSSR count). The van der Waals surface area contributed by atoms with Crippen molar-refractivity contribution in [2.75, 3.05) is 13.2 Å². The van der Waals surface area contributed by atoms with E-state index in [1.807, 2.05) is 0 Å². The third-order valence-corrected chi connectivity index (χ3v) is 3.40. The van der Waals surface area contributed by atoms with E-state index >= 15 is 0 Å². The molecule has 0 fully saturated rings. The number of ether oxygens (including phenoxy) is 1. The van der Waals surface area contributed by atoms with Crippen LogP contribution in [0, 0.1) is 0 Å². The molecule has 124 valence electrons. The predicted molar refractivity (Wildman–Crippen MR) is 80.2 cm³/mol. The fraction of sp³-hybridized carbons (Fsp3) is 0.786. The Labute approximate surface area is 127 Å². The monoisotopic (exact) mass is 322 g/mol. The van der Waals surface area contributed by atoms with Gasteiger partial charge in [0.1, 0.15) is 0 Å². The van der Waals surface area contributed by atoms with Crippen LogP contribution in [0.1, 0.15) is 57.8 Å². The fourth-order valence-corrected chi connectivity index (χ4v) is 2.17. The molecular formula is C14H26O6S. The van der Waals surface area contributed by atoms with Crippen LogP contribution in [-0.2, 0) is 24.1 Å². The molecule has 0 aromatic heterocycles. The van der Waals surface area contributed by atoms with Gasteiger partial charge in [-0.25, -0.2) is 8.98 Å². The lowest BCUT2D eigenvalue weighted by Crippen LogP contribution is -2.04. The summed E-state index contributed by atoms with van der Waals surface area (Å²) in [6.45, 7) is 3.82. The van der Waals surface area contributed by atoms with Crippen LogP contribution in [-0.4, -0.2) is 32.2 Å². The zero-order chi connectivity index (χ0) is 16.0. The summed E-state index contributed by atoms with van der Waals surface area (Å²) < 4.78 is 38.0. The van der Waals surface area contributed by atoms with Gasteiger partial charge in [-0.2, -0.15) is 8.42 Å². The lowest BCUT2D eigenvalue weighted by Gasteiger charge is -2.03. The summed E-state index contributed by atoms with van der Waals surface area (Å²) in [7, 11) is -4.28. The third kappa shape index (κ3) is 17.0. The molecule has 0 saturated carbocycles. The van der Waals surface area contributed by atoms with Gasteiger partial charge in [0.15, 0.2) is 0 Å². The number of hydrogen-bond donors (Lipinski definition) is 1. The molecule has 0 unspecified atom stereocenters. The van der Waals surface area contributed by atoms with Crippen LogP contribution in [0.25, 0.3) is 0 Å². The van der Waals surface area contributed by atoms with E-state index in [9.17, 15) is 13.2 Å². The van der Waals surface area contributed by atoms with Crippen LogP contribution in [0.5, 0.6) is 0 Å². The van der Waals surface area contributed by atoms with Crippen molar-refractivity contribution in [2.45, 2.75) is 57.8 Å². The Bertz CT molecular complexity index is 377. The van der Waals surface area contributed by atoms with Crippen LogP contribution in [0.4, 0.5) is 0 Å². The van der Waals surface area contributed by atoms with Crippen molar-refractivity contribution < 1.29 is 26.7 Å². The van der Waals surface area contributed by atoms with Gasteiger partial charge in [-0.1, -0.05) is 51.5 Å². The smallest absolute Gasteiger partial charge is 0.397 e. The van der Waals surface area contributed by atoms with Gasteiger partial charge >= 0.3 is 16.4 Å². The molecule has 0 amide bonds. The highest BCUT2D eigenvalue weighted by Crippen LogP contribution is 2.10. The van der Waals surface area contributed by atoms with Crippen molar-refractivity contribution >= 4 is 16.4 Å². The zero-order valence-electron chi connectivity index (χ0n) is 12.5. The molecule has 0 aromatic carbocycles. The second kappa shape index (κ2) is 12.8. The van der Waals surface area contributed by atoms with Crippen molar-refractivity contribution in [1.82, 2.24) is 0 Å². The number of hydrogen-bond acceptors (Lipinski definition) is 5. The van der Waals surface area contributed by atoms with Crippen LogP contribution in [0.2, 0.25) is 0 Å². The molecule has 0 spiro atoms. The average molecular weight is 322 g/mol. The van der Waals surface area contributed by atoms with E-state index in [-0.39, 0.29) is 12.6 Å². The normalized spacial score (nSPS) is 11.3. The summed E-state index contributed by atoms with van der Waals surface area (Å²) in [5.41, 5.74) is 0. The Morgan fingerprint density at radius 1 is 0.905 bits per heavy atom. The molecule has 6 nitrogen and oxygen atoms in total. The summed E-state index contributed by atoms with van der Waals surface area (Å²) in [6, 6.07) is 0. The Balaban J connectivity index is 3.12. The largest absolute Gasteiger partial charge is 0.463 e. The summed E-state index contributed by atoms with van der Waals surface area (Å²) in [4.78, 5) is 10.8. The van der Waals surface area contributed by atoms with Crippen molar-refractivity contribution in [1.29, 1.82) is 0 Å². The van der Waals surface area contributed by atoms with Crippen molar-refractivity contribution in [3.8, 4) is 0 Å². The molecule has 1 N–H and O–H groups in total. The van der Waals surface area contributed by atoms with Crippen LogP contribution < -0.4 is 0 Å². The highest BCUT2D eigenvalue weighted by atomic mass is 32.3. The van der Waals surface area contributed by atoms with Gasteiger partial charge in [0, 0.05) is 6.08 Å². The first-order valence-corrected chi connectivity index (χ1v) is 8.73. The maximum Gasteiger partial charge on any atom is 0.397 e. The molecule has 21 heavy (non-hydrogen) atoms. The second-order valence-corrected chi connectivity index (χ2v) is 5.89. The molecule has 0 bridgehead atoms. The molecule has 0 saturated heterocycles. The minimum absolute atomic E-state index is 0.0439. The maximum absolute atomic E-state index is 10.8. The first kappa shape index (κ1) is 20.1. The van der Waals surface area contributed by atoms with Crippen LogP contribution in [0.3, 0.4) is 0 Å². The maximum atomic E-state index is 10.8. The van der Waals surface area contributed by atoms with Gasteiger partial charge in [0.05, 0.1) is 13.2 Å². The van der Waals surface area contributed by atoms with E-state index in [0.717, 1.165) is 51.4 Å². The summed E-state index contributed by atoms with van der Waals surface area (Å²) in [5, 5.41) is 0. The number of rotatable bonds is 14. The third-order valence-electron chi connectivity index (χ3n) is 2.93. The zero-order valence-corrected chi connectivity index (χ0v) is 13.3. The van der Waals surface area contributed by atoms with Crippen molar-refractivity contribution in [2.24, 2.45) is 0 Å². The van der Waals surface area contributed by atoms with Gasteiger partial charge in [-0.15, -0.1) is 0 Å². The molecule has 0 heterocycles. The number of carbonyl (C=O) groups is 1. The highest BCUT2D eigenvalue weighted by Gasteiger charge is 2.02. The molecule has 0 atom stereocenters. The minimum atomic E-state index is -4.28. The van der Waals surface area contributed by atoms with Gasteiger partial charge in [0.25, 0.3) is 0 Å². The number of esters is 1. The summed E-state index contributed by atoms with van der Waals surface area (Å²) in [6.07, 6.45) is 10.2. The number of carbonyl (C=O) groups excluding carboxylic acids is 1. The van der Waals surface area contributed by atoms with E-state index in [2.05, 4.69) is 10.8 Å². The van der Waals surface area contributed by atoms with Crippen LogP contribution in [0.15, 0.2) is 12.7 Å². The standard InChI is InChI=1S/C14H26O6S/c1-2-14(15)19-12-10-8-6-4-3-5-7-9-11-13-20-21(16,17)18/h2H,1,3-13H2,(H,16,17,18). The molecular weight excluding hydrogens is 296 g/mol. The lowest BCUT2D eigenvalue weighted by molar-refractivity contribution is -0.137. The van der Waals surface area contributed by atoms with Gasteiger partial charge in [0.2, 0.25) is 0 Å². The van der Waals surface area contributed by atoms with E-state index in [4.69, 9.17) is 9.29 Å². The van der Waals surface area contributed by atoms with Gasteiger partial charge in [-0.3, -0.25) is 4.55 Å². The Hall–Kier alpha value is -0.920. The van der Waals surface area contributed by atoms with E-state index in [1.165, 1.54) is 6.08 Å². The van der Waals surface area contributed by atoms with Gasteiger partial charge < -0.3 is 4.74 Å². The average Bonchev–Trinajstić information content (AvgIpc) is 2.42. The summed E-state index contributed by atoms with van der Waals surface area (Å²) in [5.74, 6) is -0.368. The Kier molecular flexibility index (Phi) is 12.2. The lowest BCUT2D eigenvalue weighted by atomic mass is 10.1. The Morgan fingerprint density at radius 2 is 1.33 bits per heavy atom. The Morgan fingerprint density at radius 3 is 1.76 bits per heavy atom. The predicted octanol–water partition coefficient (Wildman–Crippen LogP) is 3.05. The van der Waals surface area contributed by atoms with E-state index in [1.54, 1.807) is 0 Å². The molecule has 7 heteroatoms. The SMILES string of the molecule is C=CC(=O)OCCCCCCCCCCCOS(=O)(=O)O. The van der Waals surface area contributed by atoms with Crippen molar-refractivity contribution in [3.63, 3.8) is 0 Å². The quantitative estimate of drug-likeness (QED) is 0.229. The van der Waals surface area contributed by atoms with E-state index < -0.39 is 10.4 Å².